The van der Waals surface area contributed by atoms with Crippen molar-refractivity contribution in [2.75, 3.05) is 26.2 Å². The Labute approximate surface area is 173 Å². The number of nitrogens with one attached hydrogen (secondary N) is 1. The number of nitrogens with two attached hydrogens (primary N) is 1. The second-order valence-corrected chi connectivity index (χ2v) is 8.91. The summed E-state index contributed by atoms with van der Waals surface area (Å²) in [6.45, 7) is 3.92. The molecule has 3 aliphatic rings. The van der Waals surface area contributed by atoms with Gasteiger partial charge in [0.05, 0.1) is 23.7 Å². The third-order valence-corrected chi connectivity index (χ3v) is 6.93. The number of rotatable bonds is 5. The number of pyridine rings is 1. The molecule has 1 saturated carbocycles. The lowest BCUT2D eigenvalue weighted by Gasteiger charge is -2.45. The molecule has 1 aromatic rings. The highest BCUT2D eigenvalue weighted by Crippen LogP contribution is 2.32. The average molecular weight is 400 g/mol. The molecule has 29 heavy (non-hydrogen) atoms. The van der Waals surface area contributed by atoms with Gasteiger partial charge in [-0.15, -0.1) is 0 Å². The highest BCUT2D eigenvalue weighted by Gasteiger charge is 2.43. The first kappa shape index (κ1) is 20.3. The van der Waals surface area contributed by atoms with Gasteiger partial charge in [0.15, 0.2) is 0 Å². The lowest BCUT2D eigenvalue weighted by molar-refractivity contribution is -0.141. The van der Waals surface area contributed by atoms with E-state index < -0.39 is 5.54 Å². The van der Waals surface area contributed by atoms with Crippen molar-refractivity contribution in [3.63, 3.8) is 0 Å². The Kier molecular flexibility index (Phi) is 6.15. The molecule has 0 radical (unpaired) electrons. The summed E-state index contributed by atoms with van der Waals surface area (Å²) in [5.41, 5.74) is 6.52. The van der Waals surface area contributed by atoms with Gasteiger partial charge in [0, 0.05) is 31.9 Å². The van der Waals surface area contributed by atoms with Crippen LogP contribution in [-0.4, -0.2) is 64.4 Å². The summed E-state index contributed by atoms with van der Waals surface area (Å²) in [5.74, 6) is 0.310. The normalized spacial score (nSPS) is 25.3. The van der Waals surface area contributed by atoms with Crippen LogP contribution in [0.15, 0.2) is 24.4 Å². The summed E-state index contributed by atoms with van der Waals surface area (Å²) in [5, 5.41) is 3.05. The molecule has 7 heteroatoms. The maximum absolute atomic E-state index is 12.7. The molecule has 2 aliphatic heterocycles. The maximum atomic E-state index is 12.7. The van der Waals surface area contributed by atoms with Gasteiger partial charge in [-0.2, -0.15) is 0 Å². The van der Waals surface area contributed by atoms with Crippen LogP contribution in [0.4, 0.5) is 0 Å². The number of hydrogen-bond donors (Lipinski definition) is 2. The molecule has 2 saturated heterocycles. The molecule has 0 spiro atoms. The van der Waals surface area contributed by atoms with Crippen LogP contribution in [0, 0.1) is 5.92 Å². The van der Waals surface area contributed by atoms with E-state index in [0.717, 1.165) is 76.8 Å². The van der Waals surface area contributed by atoms with Crippen molar-refractivity contribution in [3.05, 3.63) is 30.1 Å². The molecule has 1 aromatic heterocycles. The fourth-order valence-corrected chi connectivity index (χ4v) is 4.90. The van der Waals surface area contributed by atoms with Crippen LogP contribution >= 0.6 is 0 Å². The zero-order valence-corrected chi connectivity index (χ0v) is 17.2. The van der Waals surface area contributed by atoms with Gasteiger partial charge in [-0.05, 0) is 63.6 Å². The van der Waals surface area contributed by atoms with Crippen molar-refractivity contribution in [2.45, 2.75) is 63.1 Å². The fourth-order valence-electron chi connectivity index (χ4n) is 4.90. The molecular formula is C22H33N5O2. The number of nitrogens with zero attached hydrogens (tertiary/aromatic N) is 3. The summed E-state index contributed by atoms with van der Waals surface area (Å²) in [7, 11) is 0. The number of piperidine rings is 2. The van der Waals surface area contributed by atoms with Crippen molar-refractivity contribution in [2.24, 2.45) is 11.7 Å². The van der Waals surface area contributed by atoms with Crippen molar-refractivity contribution in [1.29, 1.82) is 0 Å². The number of carbonyl (C=O) groups excluding carboxylic acids is 2. The Morgan fingerprint density at radius 2 is 1.93 bits per heavy atom. The van der Waals surface area contributed by atoms with Crippen molar-refractivity contribution < 1.29 is 9.59 Å². The Morgan fingerprint density at radius 1 is 1.14 bits per heavy atom. The van der Waals surface area contributed by atoms with Crippen molar-refractivity contribution >= 4 is 11.8 Å². The van der Waals surface area contributed by atoms with E-state index in [1.807, 2.05) is 23.1 Å². The number of aromatic nitrogens is 1. The Hall–Kier alpha value is -1.99. The van der Waals surface area contributed by atoms with Gasteiger partial charge in [0.1, 0.15) is 0 Å². The smallest absolute Gasteiger partial charge is 0.242 e. The van der Waals surface area contributed by atoms with E-state index in [1.165, 1.54) is 0 Å². The Morgan fingerprint density at radius 3 is 2.59 bits per heavy atom. The average Bonchev–Trinajstić information content (AvgIpc) is 2.76. The highest BCUT2D eigenvalue weighted by atomic mass is 16.2. The minimum absolute atomic E-state index is 0.0365. The minimum atomic E-state index is -0.589. The summed E-state index contributed by atoms with van der Waals surface area (Å²) in [4.78, 5) is 34.0. The molecule has 0 unspecified atom stereocenters. The van der Waals surface area contributed by atoms with Gasteiger partial charge >= 0.3 is 0 Å². The minimum Gasteiger partial charge on any atom is -0.350 e. The van der Waals surface area contributed by atoms with E-state index >= 15 is 0 Å². The maximum Gasteiger partial charge on any atom is 0.242 e. The molecule has 1 atom stereocenters. The first-order valence-electron chi connectivity index (χ1n) is 11.1. The first-order chi connectivity index (χ1) is 14.0. The van der Waals surface area contributed by atoms with Crippen LogP contribution in [-0.2, 0) is 16.1 Å². The molecule has 2 amide bonds. The fraction of sp³-hybridized carbons (Fsp3) is 0.682. The molecule has 7 nitrogen and oxygen atoms in total. The van der Waals surface area contributed by atoms with E-state index in [-0.39, 0.29) is 17.7 Å². The second-order valence-electron chi connectivity index (χ2n) is 8.91. The number of likely N-dealkylation sites (tertiary alicyclic amines) is 2. The van der Waals surface area contributed by atoms with E-state index in [0.29, 0.717) is 12.6 Å². The number of carbonyl (C=O) groups is 2. The summed E-state index contributed by atoms with van der Waals surface area (Å²) in [6.07, 6.45) is 8.41. The predicted octanol–water partition coefficient (Wildman–Crippen LogP) is 1.28. The van der Waals surface area contributed by atoms with Crippen LogP contribution < -0.4 is 11.1 Å². The molecule has 3 N–H and O–H groups in total. The number of hydrogen-bond acceptors (Lipinski definition) is 5. The van der Waals surface area contributed by atoms with Gasteiger partial charge in [-0.25, -0.2) is 0 Å². The lowest BCUT2D eigenvalue weighted by atomic mass is 9.76. The van der Waals surface area contributed by atoms with Crippen LogP contribution in [0.2, 0.25) is 0 Å². The van der Waals surface area contributed by atoms with Crippen LogP contribution in [0.25, 0.3) is 0 Å². The standard InChI is InChI=1S/C22H33N5O2/c23-22(9-4-10-22)21(29)26-13-7-19(8-14-26)27-12-3-5-17(16-27)20(28)25-15-18-6-1-2-11-24-18/h1-2,6,11,17,19H,3-5,7-10,12-16,23H2,(H,25,28)/t17-/m1/s1. The van der Waals surface area contributed by atoms with Crippen LogP contribution in [0.1, 0.15) is 50.6 Å². The summed E-state index contributed by atoms with van der Waals surface area (Å²) in [6, 6.07) is 6.20. The first-order valence-corrected chi connectivity index (χ1v) is 11.1. The number of amides is 2. The zero-order valence-electron chi connectivity index (χ0n) is 17.2. The van der Waals surface area contributed by atoms with Crippen molar-refractivity contribution in [3.8, 4) is 0 Å². The van der Waals surface area contributed by atoms with Crippen LogP contribution in [0.3, 0.4) is 0 Å². The largest absolute Gasteiger partial charge is 0.350 e. The third kappa shape index (κ3) is 4.61. The van der Waals surface area contributed by atoms with E-state index in [2.05, 4.69) is 15.2 Å². The molecular weight excluding hydrogens is 366 g/mol. The highest BCUT2D eigenvalue weighted by molar-refractivity contribution is 5.87. The molecule has 1 aliphatic carbocycles. The van der Waals surface area contributed by atoms with Gasteiger partial charge in [-0.3, -0.25) is 19.5 Å². The zero-order chi connectivity index (χ0) is 20.3. The van der Waals surface area contributed by atoms with E-state index in [9.17, 15) is 9.59 Å². The molecule has 3 heterocycles. The third-order valence-electron chi connectivity index (χ3n) is 6.93. The Balaban J connectivity index is 1.24. The van der Waals surface area contributed by atoms with Gasteiger partial charge in [0.25, 0.3) is 0 Å². The molecule has 158 valence electrons. The molecule has 0 bridgehead atoms. The van der Waals surface area contributed by atoms with E-state index in [4.69, 9.17) is 5.73 Å². The SMILES string of the molecule is NC1(C(=O)N2CCC(N3CCC[C@@H](C(=O)NCc4ccccn4)C3)CC2)CCC1. The van der Waals surface area contributed by atoms with E-state index in [1.54, 1.807) is 6.20 Å². The van der Waals surface area contributed by atoms with Gasteiger partial charge in [0.2, 0.25) is 11.8 Å². The molecule has 4 rings (SSSR count). The quantitative estimate of drug-likeness (QED) is 0.778. The molecule has 3 fully saturated rings. The van der Waals surface area contributed by atoms with Gasteiger partial charge in [-0.1, -0.05) is 6.07 Å². The monoisotopic (exact) mass is 399 g/mol. The topological polar surface area (TPSA) is 91.6 Å². The van der Waals surface area contributed by atoms with Crippen molar-refractivity contribution in [1.82, 2.24) is 20.1 Å². The summed E-state index contributed by atoms with van der Waals surface area (Å²) < 4.78 is 0. The predicted molar refractivity (Wildman–Crippen MR) is 111 cm³/mol. The van der Waals surface area contributed by atoms with Crippen LogP contribution in [0.5, 0.6) is 0 Å². The second kappa shape index (κ2) is 8.79. The molecule has 0 aromatic carbocycles. The Bertz CT molecular complexity index is 713. The summed E-state index contributed by atoms with van der Waals surface area (Å²) >= 11 is 0. The van der Waals surface area contributed by atoms with Gasteiger partial charge < -0.3 is 16.0 Å². The lowest BCUT2D eigenvalue weighted by Crippen LogP contribution is -2.61.